The molecular weight excluding hydrogens is 208 g/mol. The van der Waals surface area contributed by atoms with Gasteiger partial charge in [0, 0.05) is 6.61 Å². The quantitative estimate of drug-likeness (QED) is 0.807. The van der Waals surface area contributed by atoms with Crippen molar-refractivity contribution in [2.24, 2.45) is 0 Å². The van der Waals surface area contributed by atoms with Gasteiger partial charge in [-0.25, -0.2) is 9.78 Å². The first-order valence-electron chi connectivity index (χ1n) is 4.23. The number of carbonyl (C=O) groups is 1. The maximum atomic E-state index is 10.9. The van der Waals surface area contributed by atoms with E-state index >= 15 is 0 Å². The number of halogens is 1. The van der Waals surface area contributed by atoms with E-state index < -0.39 is 5.97 Å². The van der Waals surface area contributed by atoms with Gasteiger partial charge in [-0.2, -0.15) is 0 Å². The molecule has 2 heterocycles. The maximum Gasteiger partial charge on any atom is 0.355 e. The Bertz CT molecular complexity index is 357. The zero-order chi connectivity index (χ0) is 10.1. The van der Waals surface area contributed by atoms with Crippen LogP contribution >= 0.6 is 11.6 Å². The summed E-state index contributed by atoms with van der Waals surface area (Å²) in [6, 6.07) is 0.0427. The molecule has 1 fully saturated rings. The number of nitrogens with zero attached hydrogens (tertiary/aromatic N) is 2. The Morgan fingerprint density at radius 1 is 1.79 bits per heavy atom. The Balaban J connectivity index is 2.37. The summed E-state index contributed by atoms with van der Waals surface area (Å²) in [7, 11) is 0. The fourth-order valence-corrected chi connectivity index (χ4v) is 1.78. The lowest BCUT2D eigenvalue weighted by Gasteiger charge is -2.10. The number of aromatic nitrogens is 2. The Labute approximate surface area is 85.3 Å². The molecule has 76 valence electrons. The molecule has 0 amide bonds. The van der Waals surface area contributed by atoms with Gasteiger partial charge in [-0.3, -0.25) is 0 Å². The standard InChI is InChI=1S/C8H9ClN2O3/c9-7-6(8(12)13)11(4-10-7)5-1-2-14-3-5/h4-5H,1-3H2,(H,12,13). The van der Waals surface area contributed by atoms with Crippen LogP contribution in [0.25, 0.3) is 0 Å². The third-order valence-corrected chi connectivity index (χ3v) is 2.53. The Kier molecular flexibility index (Phi) is 2.43. The number of hydrogen-bond acceptors (Lipinski definition) is 3. The van der Waals surface area contributed by atoms with Gasteiger partial charge in [0.15, 0.2) is 10.8 Å². The minimum atomic E-state index is -1.06. The van der Waals surface area contributed by atoms with Crippen molar-refractivity contribution in [3.8, 4) is 0 Å². The molecule has 0 aromatic carbocycles. The van der Waals surface area contributed by atoms with Crippen LogP contribution in [0.5, 0.6) is 0 Å². The van der Waals surface area contributed by atoms with Gasteiger partial charge in [-0.15, -0.1) is 0 Å². The van der Waals surface area contributed by atoms with E-state index in [4.69, 9.17) is 21.4 Å². The van der Waals surface area contributed by atoms with E-state index in [0.717, 1.165) is 6.42 Å². The third kappa shape index (κ3) is 1.49. The van der Waals surface area contributed by atoms with Gasteiger partial charge < -0.3 is 14.4 Å². The van der Waals surface area contributed by atoms with Crippen LogP contribution in [0.3, 0.4) is 0 Å². The molecule has 1 aliphatic heterocycles. The molecule has 1 aromatic heterocycles. The third-order valence-electron chi connectivity index (χ3n) is 2.25. The van der Waals surface area contributed by atoms with Gasteiger partial charge in [0.05, 0.1) is 19.0 Å². The average molecular weight is 217 g/mol. The molecule has 1 aromatic rings. The van der Waals surface area contributed by atoms with Crippen LogP contribution in [-0.2, 0) is 4.74 Å². The van der Waals surface area contributed by atoms with E-state index in [9.17, 15) is 4.79 Å². The van der Waals surface area contributed by atoms with Crippen LogP contribution < -0.4 is 0 Å². The van der Waals surface area contributed by atoms with Gasteiger partial charge in [0.2, 0.25) is 0 Å². The fraction of sp³-hybridized carbons (Fsp3) is 0.500. The molecule has 2 rings (SSSR count). The van der Waals surface area contributed by atoms with Crippen molar-refractivity contribution >= 4 is 17.6 Å². The largest absolute Gasteiger partial charge is 0.476 e. The molecule has 1 N–H and O–H groups in total. The summed E-state index contributed by atoms with van der Waals surface area (Å²) in [5, 5.41) is 8.94. The van der Waals surface area contributed by atoms with Crippen molar-refractivity contribution in [2.45, 2.75) is 12.5 Å². The number of carboxylic acids is 1. The topological polar surface area (TPSA) is 64.3 Å². The van der Waals surface area contributed by atoms with Gasteiger partial charge in [-0.1, -0.05) is 11.6 Å². The molecule has 0 radical (unpaired) electrons. The highest BCUT2D eigenvalue weighted by Crippen LogP contribution is 2.24. The number of ether oxygens (including phenoxy) is 1. The number of imidazole rings is 1. The number of rotatable bonds is 2. The second kappa shape index (κ2) is 3.59. The van der Waals surface area contributed by atoms with Crippen molar-refractivity contribution in [3.05, 3.63) is 17.2 Å². The summed E-state index contributed by atoms with van der Waals surface area (Å²) in [5.41, 5.74) is 0.0437. The molecule has 0 spiro atoms. The fourth-order valence-electron chi connectivity index (χ4n) is 1.56. The molecule has 0 bridgehead atoms. The van der Waals surface area contributed by atoms with Gasteiger partial charge >= 0.3 is 5.97 Å². The first kappa shape index (κ1) is 9.48. The molecule has 1 aliphatic rings. The molecule has 0 aliphatic carbocycles. The Morgan fingerprint density at radius 2 is 2.57 bits per heavy atom. The molecule has 1 saturated heterocycles. The summed E-state index contributed by atoms with van der Waals surface area (Å²) < 4.78 is 6.74. The second-order valence-electron chi connectivity index (χ2n) is 3.11. The summed E-state index contributed by atoms with van der Waals surface area (Å²) in [4.78, 5) is 14.6. The van der Waals surface area contributed by atoms with Gasteiger partial charge in [-0.05, 0) is 6.42 Å². The minimum absolute atomic E-state index is 0.0319. The summed E-state index contributed by atoms with van der Waals surface area (Å²) in [5.74, 6) is -1.06. The highest BCUT2D eigenvalue weighted by Gasteiger charge is 2.24. The maximum absolute atomic E-state index is 10.9. The molecule has 6 heteroatoms. The number of carboxylic acid groups (broad SMARTS) is 1. The van der Waals surface area contributed by atoms with Crippen LogP contribution in [0.1, 0.15) is 23.0 Å². The first-order chi connectivity index (χ1) is 6.70. The van der Waals surface area contributed by atoms with E-state index in [-0.39, 0.29) is 16.9 Å². The van der Waals surface area contributed by atoms with Crippen LogP contribution in [0.2, 0.25) is 5.15 Å². The monoisotopic (exact) mass is 216 g/mol. The zero-order valence-electron chi connectivity index (χ0n) is 7.31. The van der Waals surface area contributed by atoms with Crippen molar-refractivity contribution in [3.63, 3.8) is 0 Å². The lowest BCUT2D eigenvalue weighted by atomic mass is 10.2. The second-order valence-corrected chi connectivity index (χ2v) is 3.47. The minimum Gasteiger partial charge on any atom is -0.476 e. The van der Waals surface area contributed by atoms with Gasteiger partial charge in [0.25, 0.3) is 0 Å². The zero-order valence-corrected chi connectivity index (χ0v) is 8.07. The molecule has 0 saturated carbocycles. The number of hydrogen-bond donors (Lipinski definition) is 1. The molecule has 14 heavy (non-hydrogen) atoms. The van der Waals surface area contributed by atoms with Crippen molar-refractivity contribution in [2.75, 3.05) is 13.2 Å². The van der Waals surface area contributed by atoms with Crippen molar-refractivity contribution in [1.82, 2.24) is 9.55 Å². The van der Waals surface area contributed by atoms with E-state index in [2.05, 4.69) is 4.98 Å². The average Bonchev–Trinajstić information content (AvgIpc) is 2.70. The molecule has 1 unspecified atom stereocenters. The smallest absolute Gasteiger partial charge is 0.355 e. The van der Waals surface area contributed by atoms with E-state index in [0.29, 0.717) is 13.2 Å². The summed E-state index contributed by atoms with van der Waals surface area (Å²) in [6.07, 6.45) is 2.25. The van der Waals surface area contributed by atoms with Crippen molar-refractivity contribution in [1.29, 1.82) is 0 Å². The van der Waals surface area contributed by atoms with Crippen LogP contribution in [0.15, 0.2) is 6.33 Å². The lowest BCUT2D eigenvalue weighted by Crippen LogP contribution is -2.14. The van der Waals surface area contributed by atoms with E-state index in [1.165, 1.54) is 6.33 Å². The predicted octanol–water partition coefficient (Wildman–Crippen LogP) is 1.20. The van der Waals surface area contributed by atoms with Crippen molar-refractivity contribution < 1.29 is 14.6 Å². The number of aromatic carboxylic acids is 1. The molecule has 5 nitrogen and oxygen atoms in total. The molecular formula is C8H9ClN2O3. The summed E-state index contributed by atoms with van der Waals surface area (Å²) in [6.45, 7) is 1.17. The Morgan fingerprint density at radius 3 is 3.14 bits per heavy atom. The highest BCUT2D eigenvalue weighted by molar-refractivity contribution is 6.32. The Hall–Kier alpha value is -1.07. The van der Waals surface area contributed by atoms with Crippen LogP contribution in [0, 0.1) is 0 Å². The first-order valence-corrected chi connectivity index (χ1v) is 4.61. The van der Waals surface area contributed by atoms with E-state index in [1.807, 2.05) is 0 Å². The lowest BCUT2D eigenvalue weighted by molar-refractivity contribution is 0.0682. The van der Waals surface area contributed by atoms with Crippen LogP contribution in [-0.4, -0.2) is 33.8 Å². The van der Waals surface area contributed by atoms with E-state index in [1.54, 1.807) is 4.57 Å². The summed E-state index contributed by atoms with van der Waals surface area (Å²) >= 11 is 5.66. The van der Waals surface area contributed by atoms with Gasteiger partial charge in [0.1, 0.15) is 0 Å². The predicted molar refractivity (Wildman–Crippen MR) is 48.7 cm³/mol. The molecule has 1 atom stereocenters. The van der Waals surface area contributed by atoms with Crippen LogP contribution in [0.4, 0.5) is 0 Å². The normalized spacial score (nSPS) is 21.4. The highest BCUT2D eigenvalue weighted by atomic mass is 35.5. The SMILES string of the molecule is O=C(O)c1c(Cl)ncn1C1CCOC1.